The van der Waals surface area contributed by atoms with Gasteiger partial charge in [-0.1, -0.05) is 17.7 Å². The van der Waals surface area contributed by atoms with Crippen molar-refractivity contribution in [2.75, 3.05) is 5.32 Å². The van der Waals surface area contributed by atoms with Gasteiger partial charge in [0.1, 0.15) is 0 Å². The van der Waals surface area contributed by atoms with Crippen LogP contribution in [-0.4, -0.2) is 4.98 Å². The van der Waals surface area contributed by atoms with Crippen LogP contribution in [0.15, 0.2) is 29.9 Å². The van der Waals surface area contributed by atoms with Crippen molar-refractivity contribution in [1.29, 1.82) is 0 Å². The number of hydrogen-bond acceptors (Lipinski definition) is 3. The third kappa shape index (κ3) is 2.54. The van der Waals surface area contributed by atoms with Crippen LogP contribution in [0.2, 0.25) is 5.02 Å². The molecule has 0 aliphatic carbocycles. The van der Waals surface area contributed by atoms with E-state index < -0.39 is 0 Å². The Bertz CT molecular complexity index is 468. The van der Waals surface area contributed by atoms with E-state index in [1.165, 1.54) is 10.4 Å². The molecule has 0 aliphatic heterocycles. The second-order valence-corrected chi connectivity index (χ2v) is 5.08. The zero-order valence-electron chi connectivity index (χ0n) is 9.20. The molecule has 0 saturated heterocycles. The van der Waals surface area contributed by atoms with Crippen LogP contribution in [0.1, 0.15) is 23.4 Å². The smallest absolute Gasteiger partial charge is 0.0795 e. The molecule has 2 aromatic rings. The molecule has 2 nitrogen and oxygen atoms in total. The maximum Gasteiger partial charge on any atom is 0.0795 e. The maximum atomic E-state index is 6.13. The van der Waals surface area contributed by atoms with Gasteiger partial charge in [0.15, 0.2) is 0 Å². The lowest BCUT2D eigenvalue weighted by molar-refractivity contribution is 0.903. The molecule has 4 heteroatoms. The zero-order chi connectivity index (χ0) is 11.5. The first-order valence-corrected chi connectivity index (χ1v) is 6.33. The number of halogens is 1. The van der Waals surface area contributed by atoms with Crippen LogP contribution in [0.4, 0.5) is 5.69 Å². The van der Waals surface area contributed by atoms with E-state index in [1.54, 1.807) is 11.3 Å². The number of benzene rings is 1. The number of nitrogens with zero attached hydrogens (tertiary/aromatic N) is 1. The zero-order valence-corrected chi connectivity index (χ0v) is 10.8. The fourth-order valence-electron chi connectivity index (χ4n) is 1.49. The summed E-state index contributed by atoms with van der Waals surface area (Å²) in [6, 6.07) is 6.20. The molecule has 2 rings (SSSR count). The highest BCUT2D eigenvalue weighted by molar-refractivity contribution is 7.09. The third-order valence-corrected chi connectivity index (χ3v) is 3.66. The van der Waals surface area contributed by atoms with Gasteiger partial charge in [0.2, 0.25) is 0 Å². The van der Waals surface area contributed by atoms with Gasteiger partial charge in [0.05, 0.1) is 22.3 Å². The molecule has 1 aromatic carbocycles. The number of hydrogen-bond donors (Lipinski definition) is 1. The average molecular weight is 253 g/mol. The highest BCUT2D eigenvalue weighted by Crippen LogP contribution is 2.28. The average Bonchev–Trinajstić information content (AvgIpc) is 2.76. The van der Waals surface area contributed by atoms with Crippen LogP contribution in [-0.2, 0) is 0 Å². The molecule has 0 bridgehead atoms. The number of aromatic nitrogens is 1. The largest absolute Gasteiger partial charge is 0.376 e. The van der Waals surface area contributed by atoms with Crippen LogP contribution in [0, 0.1) is 6.92 Å². The summed E-state index contributed by atoms with van der Waals surface area (Å²) < 4.78 is 0. The van der Waals surface area contributed by atoms with Crippen LogP contribution in [0.5, 0.6) is 0 Å². The van der Waals surface area contributed by atoms with Gasteiger partial charge in [0, 0.05) is 11.1 Å². The van der Waals surface area contributed by atoms with Crippen molar-refractivity contribution >= 4 is 28.6 Å². The molecular formula is C12H13ClN2S. The van der Waals surface area contributed by atoms with E-state index in [-0.39, 0.29) is 6.04 Å². The third-order valence-electron chi connectivity index (χ3n) is 2.37. The van der Waals surface area contributed by atoms with E-state index in [4.69, 9.17) is 11.6 Å². The van der Waals surface area contributed by atoms with E-state index in [9.17, 15) is 0 Å². The van der Waals surface area contributed by atoms with Crippen molar-refractivity contribution in [2.45, 2.75) is 19.9 Å². The molecule has 1 N–H and O–H groups in total. The Balaban J connectivity index is 2.17. The summed E-state index contributed by atoms with van der Waals surface area (Å²) in [4.78, 5) is 5.28. The number of nitrogens with one attached hydrogen (secondary N) is 1. The van der Waals surface area contributed by atoms with E-state index in [1.807, 2.05) is 23.8 Å². The summed E-state index contributed by atoms with van der Waals surface area (Å²) >= 11 is 7.77. The molecule has 1 heterocycles. The molecule has 0 radical (unpaired) electrons. The van der Waals surface area contributed by atoms with Crippen molar-refractivity contribution in [1.82, 2.24) is 4.98 Å². The van der Waals surface area contributed by atoms with Gasteiger partial charge >= 0.3 is 0 Å². The minimum Gasteiger partial charge on any atom is -0.376 e. The van der Waals surface area contributed by atoms with Gasteiger partial charge in [-0.3, -0.25) is 4.98 Å². The number of aryl methyl sites for hydroxylation is 1. The molecule has 84 valence electrons. The molecule has 0 spiro atoms. The van der Waals surface area contributed by atoms with Gasteiger partial charge in [-0.05, 0) is 31.5 Å². The molecule has 1 unspecified atom stereocenters. The number of rotatable bonds is 3. The fraction of sp³-hybridized carbons (Fsp3) is 0.250. The summed E-state index contributed by atoms with van der Waals surface area (Å²) in [5, 5.41) is 4.14. The maximum absolute atomic E-state index is 6.13. The normalized spacial score (nSPS) is 12.4. The summed E-state index contributed by atoms with van der Waals surface area (Å²) in [7, 11) is 0. The molecule has 0 aliphatic rings. The van der Waals surface area contributed by atoms with Gasteiger partial charge in [0.25, 0.3) is 0 Å². The van der Waals surface area contributed by atoms with Crippen molar-refractivity contribution in [3.8, 4) is 0 Å². The minimum atomic E-state index is 0.229. The first-order chi connectivity index (χ1) is 7.66. The number of anilines is 1. The Morgan fingerprint density at radius 1 is 1.44 bits per heavy atom. The summed E-state index contributed by atoms with van der Waals surface area (Å²) in [6.07, 6.45) is 1.88. The Morgan fingerprint density at radius 2 is 2.25 bits per heavy atom. The molecule has 0 fully saturated rings. The molecule has 0 saturated carbocycles. The van der Waals surface area contributed by atoms with Gasteiger partial charge in [-0.2, -0.15) is 0 Å². The highest BCUT2D eigenvalue weighted by Gasteiger charge is 2.08. The van der Waals surface area contributed by atoms with Gasteiger partial charge in [-0.25, -0.2) is 0 Å². The van der Waals surface area contributed by atoms with Crippen LogP contribution in [0.3, 0.4) is 0 Å². The van der Waals surface area contributed by atoms with Crippen molar-refractivity contribution < 1.29 is 0 Å². The molecule has 16 heavy (non-hydrogen) atoms. The number of thiazole rings is 1. The summed E-state index contributed by atoms with van der Waals surface area (Å²) in [5.74, 6) is 0. The lowest BCUT2D eigenvalue weighted by Crippen LogP contribution is -2.05. The first kappa shape index (κ1) is 11.4. The van der Waals surface area contributed by atoms with Crippen LogP contribution >= 0.6 is 22.9 Å². The first-order valence-electron chi connectivity index (χ1n) is 5.08. The molecule has 1 aromatic heterocycles. The van der Waals surface area contributed by atoms with E-state index in [0.717, 1.165) is 10.7 Å². The highest BCUT2D eigenvalue weighted by atomic mass is 35.5. The Labute approximate surface area is 104 Å². The van der Waals surface area contributed by atoms with Crippen LogP contribution < -0.4 is 5.32 Å². The predicted molar refractivity (Wildman–Crippen MR) is 70.3 cm³/mol. The predicted octanol–water partition coefficient (Wildman–Crippen LogP) is 4.28. The Morgan fingerprint density at radius 3 is 2.94 bits per heavy atom. The standard InChI is InChI=1S/C12H13ClN2S/c1-8-3-4-10(13)11(5-8)15-9(2)12-6-14-7-16-12/h3-7,9,15H,1-2H3. The molecular weight excluding hydrogens is 240 g/mol. The second kappa shape index (κ2) is 4.85. The molecule has 0 amide bonds. The van der Waals surface area contributed by atoms with Crippen molar-refractivity contribution in [3.63, 3.8) is 0 Å². The minimum absolute atomic E-state index is 0.229. The van der Waals surface area contributed by atoms with Gasteiger partial charge in [-0.15, -0.1) is 11.3 Å². The van der Waals surface area contributed by atoms with Crippen LogP contribution in [0.25, 0.3) is 0 Å². The lowest BCUT2D eigenvalue weighted by Gasteiger charge is -2.15. The Kier molecular flexibility index (Phi) is 3.46. The monoisotopic (exact) mass is 252 g/mol. The molecule has 1 atom stereocenters. The van der Waals surface area contributed by atoms with E-state index >= 15 is 0 Å². The second-order valence-electron chi connectivity index (χ2n) is 3.75. The quantitative estimate of drug-likeness (QED) is 0.882. The van der Waals surface area contributed by atoms with Crippen molar-refractivity contribution in [2.24, 2.45) is 0 Å². The topological polar surface area (TPSA) is 24.9 Å². The van der Waals surface area contributed by atoms with Gasteiger partial charge < -0.3 is 5.32 Å². The summed E-state index contributed by atoms with van der Waals surface area (Å²) in [5.41, 5.74) is 4.01. The Hall–Kier alpha value is -1.06. The SMILES string of the molecule is Cc1ccc(Cl)c(NC(C)c2cncs2)c1. The fourth-order valence-corrected chi connectivity index (χ4v) is 2.29. The lowest BCUT2D eigenvalue weighted by atomic mass is 10.2. The summed E-state index contributed by atoms with van der Waals surface area (Å²) in [6.45, 7) is 4.16. The van der Waals surface area contributed by atoms with E-state index in [0.29, 0.717) is 0 Å². The van der Waals surface area contributed by atoms with Crippen molar-refractivity contribution in [3.05, 3.63) is 45.4 Å². The van der Waals surface area contributed by atoms with E-state index in [2.05, 4.69) is 30.2 Å².